The van der Waals surface area contributed by atoms with Gasteiger partial charge in [0.05, 0.1) is 11.5 Å². The number of sulfone groups is 1. The minimum Gasteiger partial charge on any atom is -0.339 e. The zero-order chi connectivity index (χ0) is 19.3. The topological polar surface area (TPSA) is 80.2 Å². The number of carbonyl (C=O) groups excluding carboxylic acids is 1. The number of carbonyl (C=O) groups is 1. The van der Waals surface area contributed by atoms with Gasteiger partial charge in [0.15, 0.2) is 15.0 Å². The summed E-state index contributed by atoms with van der Waals surface area (Å²) in [7, 11) is -3.00. The molecular formula is C18H29N3O3S2. The SMILES string of the molecule is CCCCN(C(=O)CCc1c(C)nc(SC)nc1C)C1CCS(=O)(=O)C1. The van der Waals surface area contributed by atoms with E-state index in [2.05, 4.69) is 16.9 Å². The Kier molecular flexibility index (Phi) is 7.46. The van der Waals surface area contributed by atoms with E-state index < -0.39 is 9.84 Å². The van der Waals surface area contributed by atoms with Crippen molar-refractivity contribution in [1.29, 1.82) is 0 Å². The normalized spacial score (nSPS) is 18.8. The molecule has 1 fully saturated rings. The minimum atomic E-state index is -3.00. The molecular weight excluding hydrogens is 370 g/mol. The van der Waals surface area contributed by atoms with Gasteiger partial charge in [-0.25, -0.2) is 18.4 Å². The molecule has 0 bridgehead atoms. The van der Waals surface area contributed by atoms with Crippen molar-refractivity contribution < 1.29 is 13.2 Å². The number of nitrogens with zero attached hydrogens (tertiary/aromatic N) is 3. The number of aryl methyl sites for hydroxylation is 2. The third-order valence-corrected chi connectivity index (χ3v) is 7.19. The summed E-state index contributed by atoms with van der Waals surface area (Å²) in [5.74, 6) is 0.329. The number of hydrogen-bond acceptors (Lipinski definition) is 6. The minimum absolute atomic E-state index is 0.0355. The Labute approximate surface area is 161 Å². The maximum Gasteiger partial charge on any atom is 0.223 e. The van der Waals surface area contributed by atoms with Crippen LogP contribution in [-0.2, 0) is 21.1 Å². The third-order valence-electron chi connectivity index (χ3n) is 4.89. The van der Waals surface area contributed by atoms with Crippen LogP contribution in [0.25, 0.3) is 0 Å². The van der Waals surface area contributed by atoms with Crippen molar-refractivity contribution in [2.24, 2.45) is 0 Å². The van der Waals surface area contributed by atoms with Gasteiger partial charge >= 0.3 is 0 Å². The maximum absolute atomic E-state index is 12.9. The standard InChI is InChI=1S/C18H29N3O3S2/c1-5-6-10-21(15-9-11-26(23,24)12-15)17(22)8-7-16-13(2)19-18(25-4)20-14(16)3/h15H,5-12H2,1-4H3. The van der Waals surface area contributed by atoms with Gasteiger partial charge in [-0.1, -0.05) is 25.1 Å². The summed E-state index contributed by atoms with van der Waals surface area (Å²) < 4.78 is 23.6. The molecule has 1 amide bonds. The smallest absolute Gasteiger partial charge is 0.223 e. The molecule has 1 aromatic heterocycles. The maximum atomic E-state index is 12.9. The molecule has 1 unspecified atom stereocenters. The summed E-state index contributed by atoms with van der Waals surface area (Å²) in [6.07, 6.45) is 5.33. The van der Waals surface area contributed by atoms with Gasteiger partial charge in [-0.05, 0) is 44.9 Å². The van der Waals surface area contributed by atoms with E-state index in [9.17, 15) is 13.2 Å². The lowest BCUT2D eigenvalue weighted by Gasteiger charge is -2.28. The number of thioether (sulfide) groups is 1. The fourth-order valence-corrected chi connectivity index (χ4v) is 5.59. The summed E-state index contributed by atoms with van der Waals surface area (Å²) in [5.41, 5.74) is 2.85. The predicted molar refractivity (Wildman–Crippen MR) is 105 cm³/mol. The van der Waals surface area contributed by atoms with Crippen molar-refractivity contribution in [3.63, 3.8) is 0 Å². The Hall–Kier alpha value is -1.15. The Morgan fingerprint density at radius 2 is 1.92 bits per heavy atom. The van der Waals surface area contributed by atoms with Crippen LogP contribution in [0.15, 0.2) is 5.16 Å². The van der Waals surface area contributed by atoms with Gasteiger partial charge in [0.2, 0.25) is 5.91 Å². The highest BCUT2D eigenvalue weighted by Crippen LogP contribution is 2.21. The lowest BCUT2D eigenvalue weighted by Crippen LogP contribution is -2.42. The van der Waals surface area contributed by atoms with E-state index in [1.165, 1.54) is 11.8 Å². The number of aromatic nitrogens is 2. The molecule has 1 aliphatic heterocycles. The molecule has 2 heterocycles. The third kappa shape index (κ3) is 5.42. The quantitative estimate of drug-likeness (QED) is 0.494. The second kappa shape index (κ2) is 9.17. The molecule has 0 aliphatic carbocycles. The summed E-state index contributed by atoms with van der Waals surface area (Å²) in [6, 6.07) is -0.170. The van der Waals surface area contributed by atoms with Gasteiger partial charge in [-0.3, -0.25) is 4.79 Å². The van der Waals surface area contributed by atoms with Gasteiger partial charge < -0.3 is 4.90 Å². The number of hydrogen-bond donors (Lipinski definition) is 0. The Morgan fingerprint density at radius 3 is 2.42 bits per heavy atom. The molecule has 1 aromatic rings. The average Bonchev–Trinajstić information content (AvgIpc) is 2.93. The average molecular weight is 400 g/mol. The van der Waals surface area contributed by atoms with E-state index in [0.717, 1.165) is 34.9 Å². The van der Waals surface area contributed by atoms with Crippen LogP contribution in [0.4, 0.5) is 0 Å². The van der Waals surface area contributed by atoms with Crippen LogP contribution in [0.5, 0.6) is 0 Å². The first-order valence-corrected chi connectivity index (χ1v) is 12.2. The van der Waals surface area contributed by atoms with Crippen LogP contribution >= 0.6 is 11.8 Å². The van der Waals surface area contributed by atoms with E-state index in [4.69, 9.17) is 0 Å². The fraction of sp³-hybridized carbons (Fsp3) is 0.722. The fourth-order valence-electron chi connectivity index (χ4n) is 3.40. The monoisotopic (exact) mass is 399 g/mol. The van der Waals surface area contributed by atoms with Crippen LogP contribution in [0.2, 0.25) is 0 Å². The van der Waals surface area contributed by atoms with E-state index in [-0.39, 0.29) is 23.5 Å². The molecule has 1 aliphatic rings. The first-order valence-electron chi connectivity index (χ1n) is 9.15. The Morgan fingerprint density at radius 1 is 1.27 bits per heavy atom. The molecule has 1 saturated heterocycles. The molecule has 0 aromatic carbocycles. The van der Waals surface area contributed by atoms with Crippen LogP contribution in [-0.4, -0.2) is 59.5 Å². The van der Waals surface area contributed by atoms with Gasteiger partial charge in [0.1, 0.15) is 0 Å². The van der Waals surface area contributed by atoms with Crippen LogP contribution < -0.4 is 0 Å². The molecule has 0 N–H and O–H groups in total. The predicted octanol–water partition coefficient (Wildman–Crippen LogP) is 2.56. The second-order valence-corrected chi connectivity index (χ2v) is 9.86. The lowest BCUT2D eigenvalue weighted by atomic mass is 10.1. The van der Waals surface area contributed by atoms with E-state index in [0.29, 0.717) is 25.8 Å². The zero-order valence-corrected chi connectivity index (χ0v) is 17.8. The highest BCUT2D eigenvalue weighted by Gasteiger charge is 2.34. The molecule has 1 atom stereocenters. The van der Waals surface area contributed by atoms with Gasteiger partial charge in [-0.2, -0.15) is 0 Å². The van der Waals surface area contributed by atoms with Crippen LogP contribution in [0.1, 0.15) is 49.6 Å². The van der Waals surface area contributed by atoms with Crippen molar-refractivity contribution in [1.82, 2.24) is 14.9 Å². The number of amides is 1. The summed E-state index contributed by atoms with van der Waals surface area (Å²) in [4.78, 5) is 23.6. The first kappa shape index (κ1) is 21.2. The Balaban J connectivity index is 2.08. The van der Waals surface area contributed by atoms with E-state index in [1.807, 2.05) is 20.1 Å². The van der Waals surface area contributed by atoms with Crippen molar-refractivity contribution in [2.45, 2.75) is 64.1 Å². The number of rotatable bonds is 8. The van der Waals surface area contributed by atoms with Crippen LogP contribution in [0, 0.1) is 13.8 Å². The lowest BCUT2D eigenvalue weighted by molar-refractivity contribution is -0.133. The first-order chi connectivity index (χ1) is 12.3. The van der Waals surface area contributed by atoms with E-state index >= 15 is 0 Å². The molecule has 0 saturated carbocycles. The molecule has 0 spiro atoms. The molecule has 26 heavy (non-hydrogen) atoms. The van der Waals surface area contributed by atoms with Crippen molar-refractivity contribution >= 4 is 27.5 Å². The van der Waals surface area contributed by atoms with Crippen molar-refractivity contribution in [3.05, 3.63) is 17.0 Å². The van der Waals surface area contributed by atoms with Crippen molar-refractivity contribution in [3.8, 4) is 0 Å². The molecule has 6 nitrogen and oxygen atoms in total. The molecule has 8 heteroatoms. The molecule has 146 valence electrons. The van der Waals surface area contributed by atoms with E-state index in [1.54, 1.807) is 4.90 Å². The van der Waals surface area contributed by atoms with Crippen LogP contribution in [0.3, 0.4) is 0 Å². The summed E-state index contributed by atoms with van der Waals surface area (Å²) >= 11 is 1.51. The number of unbranched alkanes of at least 4 members (excludes halogenated alkanes) is 1. The summed E-state index contributed by atoms with van der Waals surface area (Å²) in [6.45, 7) is 6.61. The highest BCUT2D eigenvalue weighted by molar-refractivity contribution is 7.98. The second-order valence-electron chi connectivity index (χ2n) is 6.86. The van der Waals surface area contributed by atoms with Gasteiger partial charge in [-0.15, -0.1) is 0 Å². The molecule has 0 radical (unpaired) electrons. The Bertz CT molecular complexity index is 727. The highest BCUT2D eigenvalue weighted by atomic mass is 32.2. The van der Waals surface area contributed by atoms with Gasteiger partial charge in [0, 0.05) is 30.4 Å². The largest absolute Gasteiger partial charge is 0.339 e. The van der Waals surface area contributed by atoms with Crippen molar-refractivity contribution in [2.75, 3.05) is 24.3 Å². The zero-order valence-electron chi connectivity index (χ0n) is 16.1. The summed E-state index contributed by atoms with van der Waals surface area (Å²) in [5, 5.41) is 0.746. The van der Waals surface area contributed by atoms with Gasteiger partial charge in [0.25, 0.3) is 0 Å². The molecule has 2 rings (SSSR count).